The minimum atomic E-state index is -0.487. The fraction of sp³-hybridized carbons (Fsp3) is 0.750. The molecular formula is C16H26N4O2. The average molecular weight is 306 g/mol. The third kappa shape index (κ3) is 3.67. The fourth-order valence-electron chi connectivity index (χ4n) is 3.74. The Labute approximate surface area is 131 Å². The molecule has 1 aliphatic heterocycles. The van der Waals surface area contributed by atoms with Gasteiger partial charge in [-0.2, -0.15) is 5.10 Å². The van der Waals surface area contributed by atoms with E-state index in [9.17, 15) is 9.90 Å². The summed E-state index contributed by atoms with van der Waals surface area (Å²) >= 11 is 0. The molecule has 0 aromatic carbocycles. The molecular weight excluding hydrogens is 280 g/mol. The SMILES string of the molecule is CC(=O)Nc1ccn([C@H]2CCN(CC3(O)CCCCC3)C2)n1. The maximum absolute atomic E-state index is 11.1. The second-order valence-corrected chi connectivity index (χ2v) is 6.82. The van der Waals surface area contributed by atoms with E-state index < -0.39 is 5.60 Å². The van der Waals surface area contributed by atoms with E-state index in [1.807, 2.05) is 16.9 Å². The Bertz CT molecular complexity index is 522. The second-order valence-electron chi connectivity index (χ2n) is 6.82. The molecule has 1 atom stereocenters. The van der Waals surface area contributed by atoms with Crippen molar-refractivity contribution in [1.29, 1.82) is 0 Å². The molecule has 6 nitrogen and oxygen atoms in total. The number of likely N-dealkylation sites (tertiary alicyclic amines) is 1. The van der Waals surface area contributed by atoms with Crippen LogP contribution in [0.1, 0.15) is 51.5 Å². The lowest BCUT2D eigenvalue weighted by Crippen LogP contribution is -2.43. The first kappa shape index (κ1) is 15.5. The highest BCUT2D eigenvalue weighted by Crippen LogP contribution is 2.31. The molecule has 1 aromatic rings. The summed E-state index contributed by atoms with van der Waals surface area (Å²) in [5.41, 5.74) is -0.487. The van der Waals surface area contributed by atoms with E-state index in [1.54, 1.807) is 0 Å². The Morgan fingerprint density at radius 3 is 2.95 bits per heavy atom. The molecule has 2 fully saturated rings. The number of carbonyl (C=O) groups is 1. The number of carbonyl (C=O) groups excluding carboxylic acids is 1. The summed E-state index contributed by atoms with van der Waals surface area (Å²) in [6.07, 6.45) is 8.38. The zero-order valence-electron chi connectivity index (χ0n) is 13.3. The molecule has 3 rings (SSSR count). The van der Waals surface area contributed by atoms with E-state index in [4.69, 9.17) is 0 Å². The number of anilines is 1. The average Bonchev–Trinajstić information content (AvgIpc) is 3.07. The van der Waals surface area contributed by atoms with Crippen molar-refractivity contribution in [3.8, 4) is 0 Å². The Kier molecular flexibility index (Phi) is 4.49. The molecule has 22 heavy (non-hydrogen) atoms. The largest absolute Gasteiger partial charge is 0.389 e. The minimum Gasteiger partial charge on any atom is -0.389 e. The predicted molar refractivity (Wildman–Crippen MR) is 84.7 cm³/mol. The quantitative estimate of drug-likeness (QED) is 0.889. The van der Waals surface area contributed by atoms with Crippen LogP contribution in [0, 0.1) is 0 Å². The van der Waals surface area contributed by atoms with Gasteiger partial charge in [0.05, 0.1) is 11.6 Å². The zero-order valence-corrected chi connectivity index (χ0v) is 13.3. The van der Waals surface area contributed by atoms with Crippen LogP contribution >= 0.6 is 0 Å². The normalized spacial score (nSPS) is 25.3. The van der Waals surface area contributed by atoms with Gasteiger partial charge >= 0.3 is 0 Å². The molecule has 1 aromatic heterocycles. The van der Waals surface area contributed by atoms with Crippen LogP contribution in [0.15, 0.2) is 12.3 Å². The van der Waals surface area contributed by atoms with Crippen LogP contribution in [-0.2, 0) is 4.79 Å². The number of β-amino-alcohol motifs (C(OH)–C–C–N with tert-alkyl or cyclic N) is 1. The van der Waals surface area contributed by atoms with Gasteiger partial charge in [-0.05, 0) is 19.3 Å². The van der Waals surface area contributed by atoms with Gasteiger partial charge in [0.25, 0.3) is 0 Å². The number of aromatic nitrogens is 2. The smallest absolute Gasteiger partial charge is 0.222 e. The van der Waals surface area contributed by atoms with Gasteiger partial charge in [-0.25, -0.2) is 0 Å². The zero-order chi connectivity index (χ0) is 15.6. The van der Waals surface area contributed by atoms with Gasteiger partial charge in [0, 0.05) is 38.8 Å². The number of amides is 1. The van der Waals surface area contributed by atoms with Crippen molar-refractivity contribution in [3.05, 3.63) is 12.3 Å². The van der Waals surface area contributed by atoms with Crippen molar-refractivity contribution in [2.45, 2.75) is 57.1 Å². The number of nitrogens with zero attached hydrogens (tertiary/aromatic N) is 3. The lowest BCUT2D eigenvalue weighted by atomic mass is 9.84. The lowest BCUT2D eigenvalue weighted by Gasteiger charge is -2.35. The fourth-order valence-corrected chi connectivity index (χ4v) is 3.74. The molecule has 2 N–H and O–H groups in total. The van der Waals surface area contributed by atoms with Crippen molar-refractivity contribution in [2.75, 3.05) is 25.0 Å². The van der Waals surface area contributed by atoms with Gasteiger partial charge in [-0.15, -0.1) is 0 Å². The Morgan fingerprint density at radius 2 is 2.23 bits per heavy atom. The third-order valence-corrected chi connectivity index (χ3v) is 4.84. The summed E-state index contributed by atoms with van der Waals surface area (Å²) in [6.45, 7) is 4.19. The summed E-state index contributed by atoms with van der Waals surface area (Å²) in [7, 11) is 0. The maximum atomic E-state index is 11.1. The first-order valence-electron chi connectivity index (χ1n) is 8.32. The van der Waals surface area contributed by atoms with E-state index in [0.717, 1.165) is 51.7 Å². The summed E-state index contributed by atoms with van der Waals surface area (Å²) in [4.78, 5) is 13.4. The molecule has 1 saturated heterocycles. The molecule has 1 aliphatic carbocycles. The minimum absolute atomic E-state index is 0.0992. The standard InChI is InChI=1S/C16H26N4O2/c1-13(21)17-15-6-10-20(18-15)14-5-9-19(11-14)12-16(22)7-3-2-4-8-16/h6,10,14,22H,2-5,7-9,11-12H2,1H3,(H,17,18,21)/t14-/m0/s1. The van der Waals surface area contributed by atoms with E-state index >= 15 is 0 Å². The molecule has 0 spiro atoms. The summed E-state index contributed by atoms with van der Waals surface area (Å²) in [6, 6.07) is 2.16. The van der Waals surface area contributed by atoms with E-state index in [-0.39, 0.29) is 5.91 Å². The highest BCUT2D eigenvalue weighted by atomic mass is 16.3. The van der Waals surface area contributed by atoms with Gasteiger partial charge in [0.1, 0.15) is 0 Å². The van der Waals surface area contributed by atoms with Crippen LogP contribution in [0.25, 0.3) is 0 Å². The van der Waals surface area contributed by atoms with Crippen molar-refractivity contribution < 1.29 is 9.90 Å². The van der Waals surface area contributed by atoms with Crippen molar-refractivity contribution >= 4 is 11.7 Å². The topological polar surface area (TPSA) is 70.4 Å². The van der Waals surface area contributed by atoms with E-state index in [2.05, 4.69) is 15.3 Å². The summed E-state index contributed by atoms with van der Waals surface area (Å²) < 4.78 is 1.94. The Morgan fingerprint density at radius 1 is 1.45 bits per heavy atom. The predicted octanol–water partition coefficient (Wildman–Crippen LogP) is 1.78. The monoisotopic (exact) mass is 306 g/mol. The van der Waals surface area contributed by atoms with Gasteiger partial charge < -0.3 is 10.4 Å². The van der Waals surface area contributed by atoms with Crippen molar-refractivity contribution in [1.82, 2.24) is 14.7 Å². The van der Waals surface area contributed by atoms with Gasteiger partial charge in [0.2, 0.25) is 5.91 Å². The summed E-state index contributed by atoms with van der Waals surface area (Å²) in [5, 5.41) is 17.8. The first-order valence-corrected chi connectivity index (χ1v) is 8.32. The van der Waals surface area contributed by atoms with Crippen LogP contribution in [0.3, 0.4) is 0 Å². The molecule has 0 unspecified atom stereocenters. The molecule has 6 heteroatoms. The molecule has 0 radical (unpaired) electrons. The third-order valence-electron chi connectivity index (χ3n) is 4.84. The van der Waals surface area contributed by atoms with Crippen LogP contribution in [-0.4, -0.2) is 50.9 Å². The Hall–Kier alpha value is -1.40. The van der Waals surface area contributed by atoms with Gasteiger partial charge in [-0.1, -0.05) is 19.3 Å². The van der Waals surface area contributed by atoms with Crippen molar-refractivity contribution in [3.63, 3.8) is 0 Å². The Balaban J connectivity index is 1.55. The van der Waals surface area contributed by atoms with E-state index in [1.165, 1.54) is 13.3 Å². The number of nitrogens with one attached hydrogen (secondary N) is 1. The number of hydrogen-bond donors (Lipinski definition) is 2. The van der Waals surface area contributed by atoms with Crippen LogP contribution in [0.2, 0.25) is 0 Å². The van der Waals surface area contributed by atoms with Gasteiger partial charge in [-0.3, -0.25) is 14.4 Å². The summed E-state index contributed by atoms with van der Waals surface area (Å²) in [5.74, 6) is 0.509. The van der Waals surface area contributed by atoms with Gasteiger partial charge in [0.15, 0.2) is 5.82 Å². The second kappa shape index (κ2) is 6.38. The van der Waals surface area contributed by atoms with E-state index in [0.29, 0.717) is 11.9 Å². The molecule has 2 heterocycles. The maximum Gasteiger partial charge on any atom is 0.222 e. The highest BCUT2D eigenvalue weighted by Gasteiger charge is 2.34. The van der Waals surface area contributed by atoms with Crippen molar-refractivity contribution in [2.24, 2.45) is 0 Å². The number of aliphatic hydroxyl groups is 1. The molecule has 1 saturated carbocycles. The van der Waals surface area contributed by atoms with Crippen LogP contribution in [0.5, 0.6) is 0 Å². The number of rotatable bonds is 4. The van der Waals surface area contributed by atoms with Crippen LogP contribution < -0.4 is 5.32 Å². The first-order chi connectivity index (χ1) is 10.5. The molecule has 0 bridgehead atoms. The van der Waals surface area contributed by atoms with Crippen LogP contribution in [0.4, 0.5) is 5.82 Å². The molecule has 2 aliphatic rings. The molecule has 1 amide bonds. The lowest BCUT2D eigenvalue weighted by molar-refractivity contribution is -0.114. The number of hydrogen-bond acceptors (Lipinski definition) is 4. The molecule has 122 valence electrons. The highest BCUT2D eigenvalue weighted by molar-refractivity contribution is 5.87.